The third kappa shape index (κ3) is 5.90. The summed E-state index contributed by atoms with van der Waals surface area (Å²) in [5, 5.41) is 11.9. The molecule has 0 atom stereocenters. The number of carbonyl (C=O) groups excluding carboxylic acids is 1. The van der Waals surface area contributed by atoms with Crippen molar-refractivity contribution in [1.82, 2.24) is 20.4 Å². The maximum absolute atomic E-state index is 12.8. The van der Waals surface area contributed by atoms with E-state index in [9.17, 15) is 4.79 Å². The van der Waals surface area contributed by atoms with Gasteiger partial charge < -0.3 is 19.9 Å². The molecular weight excluding hydrogens is 366 g/mol. The topological polar surface area (TPSA) is 70.6 Å². The van der Waals surface area contributed by atoms with Gasteiger partial charge in [0.05, 0.1) is 6.61 Å². The Kier molecular flexibility index (Phi) is 7.41. The number of amides is 1. The molecule has 1 aliphatic heterocycles. The van der Waals surface area contributed by atoms with Crippen molar-refractivity contribution < 1.29 is 9.53 Å². The predicted octanol–water partition coefficient (Wildman–Crippen LogP) is 2.58. The zero-order chi connectivity index (χ0) is 20.6. The minimum Gasteiger partial charge on any atom is -0.490 e. The van der Waals surface area contributed by atoms with Gasteiger partial charge in [-0.1, -0.05) is 44.2 Å². The van der Waals surface area contributed by atoms with Gasteiger partial charge >= 0.3 is 0 Å². The van der Waals surface area contributed by atoms with Crippen LogP contribution in [-0.4, -0.2) is 60.8 Å². The molecule has 156 valence electrons. The number of carbonyl (C=O) groups is 1. The third-order valence-electron chi connectivity index (χ3n) is 4.94. The number of nitrogens with zero attached hydrogens (tertiary/aromatic N) is 4. The van der Waals surface area contributed by atoms with Gasteiger partial charge in [-0.25, -0.2) is 0 Å². The van der Waals surface area contributed by atoms with Gasteiger partial charge in [0.25, 0.3) is 5.91 Å². The van der Waals surface area contributed by atoms with Crippen LogP contribution in [0.3, 0.4) is 0 Å². The molecule has 1 aromatic carbocycles. The number of rotatable bonds is 8. The Balaban J connectivity index is 1.80. The normalized spacial score (nSPS) is 14.1. The molecule has 2 aromatic rings. The summed E-state index contributed by atoms with van der Waals surface area (Å²) in [6.45, 7) is 8.55. The van der Waals surface area contributed by atoms with E-state index in [1.54, 1.807) is 6.07 Å². The van der Waals surface area contributed by atoms with Crippen LogP contribution in [0.1, 0.15) is 36.3 Å². The Morgan fingerprint density at radius 2 is 1.93 bits per heavy atom. The standard InChI is InChI=1S/C22H31N5O2/c1-17(2)9-14-29-20-15-19(22(28)27-12-10-23-11-13-27)24-25-21(20)26(3)16-18-7-5-4-6-8-18/h4-8,15,17,23H,9-14,16H2,1-3H3. The molecule has 3 rings (SSSR count). The van der Waals surface area contributed by atoms with E-state index in [2.05, 4.69) is 41.5 Å². The fourth-order valence-electron chi connectivity index (χ4n) is 3.21. The molecule has 7 heteroatoms. The van der Waals surface area contributed by atoms with E-state index in [1.165, 1.54) is 5.56 Å². The molecule has 0 unspecified atom stereocenters. The Morgan fingerprint density at radius 1 is 1.21 bits per heavy atom. The van der Waals surface area contributed by atoms with Crippen LogP contribution in [0.25, 0.3) is 0 Å². The van der Waals surface area contributed by atoms with Crippen LogP contribution in [0.15, 0.2) is 36.4 Å². The predicted molar refractivity (Wildman–Crippen MR) is 114 cm³/mol. The number of hydrogen-bond acceptors (Lipinski definition) is 6. The molecule has 1 aliphatic rings. The first kappa shape index (κ1) is 21.0. The van der Waals surface area contributed by atoms with E-state index < -0.39 is 0 Å². The summed E-state index contributed by atoms with van der Waals surface area (Å²) in [5.41, 5.74) is 1.51. The fraction of sp³-hybridized carbons (Fsp3) is 0.500. The summed E-state index contributed by atoms with van der Waals surface area (Å²) in [6.07, 6.45) is 0.936. The molecule has 0 bridgehead atoms. The second-order valence-corrected chi connectivity index (χ2v) is 7.83. The molecular formula is C22H31N5O2. The van der Waals surface area contributed by atoms with Gasteiger partial charge in [0.1, 0.15) is 0 Å². The first-order valence-electron chi connectivity index (χ1n) is 10.3. The average Bonchev–Trinajstić information content (AvgIpc) is 2.74. The molecule has 29 heavy (non-hydrogen) atoms. The maximum atomic E-state index is 12.8. The molecule has 1 saturated heterocycles. The smallest absolute Gasteiger partial charge is 0.274 e. The number of piperazine rings is 1. The molecule has 1 aromatic heterocycles. The summed E-state index contributed by atoms with van der Waals surface area (Å²) >= 11 is 0. The van der Waals surface area contributed by atoms with Crippen molar-refractivity contribution in [3.63, 3.8) is 0 Å². The van der Waals surface area contributed by atoms with Crippen molar-refractivity contribution in [2.75, 3.05) is 44.7 Å². The van der Waals surface area contributed by atoms with Crippen molar-refractivity contribution in [2.45, 2.75) is 26.8 Å². The Hall–Kier alpha value is -2.67. The zero-order valence-corrected chi connectivity index (χ0v) is 17.6. The number of nitrogens with one attached hydrogen (secondary N) is 1. The lowest BCUT2D eigenvalue weighted by Crippen LogP contribution is -2.46. The lowest BCUT2D eigenvalue weighted by molar-refractivity contribution is 0.0728. The van der Waals surface area contributed by atoms with E-state index in [1.807, 2.05) is 35.0 Å². The minimum atomic E-state index is -0.0926. The van der Waals surface area contributed by atoms with Crippen molar-refractivity contribution in [3.8, 4) is 5.75 Å². The van der Waals surface area contributed by atoms with E-state index in [0.29, 0.717) is 49.4 Å². The van der Waals surface area contributed by atoms with Crippen LogP contribution in [0.5, 0.6) is 5.75 Å². The van der Waals surface area contributed by atoms with Crippen molar-refractivity contribution in [3.05, 3.63) is 47.7 Å². The Bertz CT molecular complexity index is 791. The van der Waals surface area contributed by atoms with Crippen LogP contribution >= 0.6 is 0 Å². The highest BCUT2D eigenvalue weighted by molar-refractivity contribution is 5.93. The lowest BCUT2D eigenvalue weighted by Gasteiger charge is -2.27. The monoisotopic (exact) mass is 397 g/mol. The number of aromatic nitrogens is 2. The summed E-state index contributed by atoms with van der Waals surface area (Å²) in [7, 11) is 1.96. The van der Waals surface area contributed by atoms with Gasteiger partial charge in [-0.3, -0.25) is 4.79 Å². The van der Waals surface area contributed by atoms with E-state index >= 15 is 0 Å². The van der Waals surface area contributed by atoms with Crippen LogP contribution in [0.4, 0.5) is 5.82 Å². The van der Waals surface area contributed by atoms with Crippen LogP contribution in [0.2, 0.25) is 0 Å². The number of hydrogen-bond donors (Lipinski definition) is 1. The Morgan fingerprint density at radius 3 is 2.62 bits per heavy atom. The largest absolute Gasteiger partial charge is 0.490 e. The first-order chi connectivity index (χ1) is 14.0. The van der Waals surface area contributed by atoms with Gasteiger partial charge in [0, 0.05) is 45.8 Å². The quantitative estimate of drug-likeness (QED) is 0.738. The molecule has 1 N–H and O–H groups in total. The van der Waals surface area contributed by atoms with Crippen LogP contribution in [0, 0.1) is 5.92 Å². The molecule has 7 nitrogen and oxygen atoms in total. The second-order valence-electron chi connectivity index (χ2n) is 7.83. The van der Waals surface area contributed by atoms with Gasteiger partial charge in [0.15, 0.2) is 17.3 Å². The highest BCUT2D eigenvalue weighted by Gasteiger charge is 2.22. The van der Waals surface area contributed by atoms with Gasteiger partial charge in [-0.2, -0.15) is 0 Å². The van der Waals surface area contributed by atoms with Crippen molar-refractivity contribution >= 4 is 11.7 Å². The lowest BCUT2D eigenvalue weighted by atomic mass is 10.1. The minimum absolute atomic E-state index is 0.0926. The van der Waals surface area contributed by atoms with Crippen LogP contribution < -0.4 is 15.0 Å². The average molecular weight is 398 g/mol. The van der Waals surface area contributed by atoms with Gasteiger partial charge in [-0.15, -0.1) is 10.2 Å². The third-order valence-corrected chi connectivity index (χ3v) is 4.94. The number of benzene rings is 1. The number of anilines is 1. The van der Waals surface area contributed by atoms with Crippen molar-refractivity contribution in [1.29, 1.82) is 0 Å². The highest BCUT2D eigenvalue weighted by Crippen LogP contribution is 2.27. The molecule has 0 aliphatic carbocycles. The first-order valence-corrected chi connectivity index (χ1v) is 10.3. The Labute approximate surface area is 173 Å². The van der Waals surface area contributed by atoms with Crippen LogP contribution in [-0.2, 0) is 6.54 Å². The van der Waals surface area contributed by atoms with E-state index in [0.717, 1.165) is 19.5 Å². The zero-order valence-electron chi connectivity index (χ0n) is 17.6. The van der Waals surface area contributed by atoms with E-state index in [-0.39, 0.29) is 5.91 Å². The molecule has 0 radical (unpaired) electrons. The second kappa shape index (κ2) is 10.2. The summed E-state index contributed by atoms with van der Waals surface area (Å²) in [4.78, 5) is 16.6. The fourth-order valence-corrected chi connectivity index (χ4v) is 3.21. The molecule has 2 heterocycles. The number of ether oxygens (including phenoxy) is 1. The molecule has 1 amide bonds. The summed E-state index contributed by atoms with van der Waals surface area (Å²) in [6, 6.07) is 11.9. The highest BCUT2D eigenvalue weighted by atomic mass is 16.5. The molecule has 1 fully saturated rings. The van der Waals surface area contributed by atoms with Gasteiger partial charge in [0.2, 0.25) is 0 Å². The molecule has 0 spiro atoms. The van der Waals surface area contributed by atoms with E-state index in [4.69, 9.17) is 4.74 Å². The van der Waals surface area contributed by atoms with Gasteiger partial charge in [-0.05, 0) is 17.9 Å². The maximum Gasteiger partial charge on any atom is 0.274 e. The summed E-state index contributed by atoms with van der Waals surface area (Å²) < 4.78 is 6.06. The SMILES string of the molecule is CC(C)CCOc1cc(C(=O)N2CCNCC2)nnc1N(C)Cc1ccccc1. The molecule has 0 saturated carbocycles. The van der Waals surface area contributed by atoms with Crippen molar-refractivity contribution in [2.24, 2.45) is 5.92 Å². The summed E-state index contributed by atoms with van der Waals surface area (Å²) in [5.74, 6) is 1.70.